The van der Waals surface area contributed by atoms with E-state index in [1.54, 1.807) is 0 Å². The lowest BCUT2D eigenvalue weighted by Crippen LogP contribution is -2.47. The van der Waals surface area contributed by atoms with Crippen molar-refractivity contribution in [1.29, 1.82) is 0 Å². The maximum atomic E-state index is 13.5. The minimum atomic E-state index is -0.587. The standard InChI is InChI=1S/C37H56O7/c1-22(2)17-27(42-24(4)39)18-23(3)28-13-14-35(9)31-20-37(21-38,16-15-36(28,35)10)29-11-12-33(44-26(6)41)34(7,8)30(29)19-32(31)43-25(5)40/h17,19,21,23,27-29,31-33H,11-16,18,20H2,1-10H3/t23-,27?,28?,29-,31?,32?,33?,35+,36?,37?/m1/s1. The SMILES string of the molecule is CC(=O)OC(C=C(C)C)C[C@@H](C)C1CC[C@@]2(C)C3CC(C=O)(CCC12C)[C@@H]1CCC(OC(C)=O)C(C)(C)C1=CC3OC(C)=O. The summed E-state index contributed by atoms with van der Waals surface area (Å²) in [6.07, 6.45) is 11.0. The third kappa shape index (κ3) is 6.06. The second kappa shape index (κ2) is 12.4. The number of aldehydes is 1. The van der Waals surface area contributed by atoms with Gasteiger partial charge in [0.05, 0.1) is 0 Å². The average molecular weight is 613 g/mol. The van der Waals surface area contributed by atoms with Gasteiger partial charge in [-0.15, -0.1) is 0 Å². The van der Waals surface area contributed by atoms with Gasteiger partial charge in [0.2, 0.25) is 0 Å². The molecule has 2 bridgehead atoms. The lowest BCUT2D eigenvalue weighted by Gasteiger charge is -2.51. The highest BCUT2D eigenvalue weighted by Crippen LogP contribution is 2.71. The normalized spacial score (nSPS) is 38.7. The number of hydrogen-bond donors (Lipinski definition) is 0. The van der Waals surface area contributed by atoms with E-state index in [0.29, 0.717) is 18.8 Å². The van der Waals surface area contributed by atoms with Crippen LogP contribution in [0.2, 0.25) is 0 Å². The van der Waals surface area contributed by atoms with Crippen LogP contribution in [0.15, 0.2) is 23.3 Å². The van der Waals surface area contributed by atoms with Crippen LogP contribution in [-0.4, -0.2) is 42.5 Å². The molecule has 7 nitrogen and oxygen atoms in total. The van der Waals surface area contributed by atoms with Gasteiger partial charge in [-0.3, -0.25) is 14.4 Å². The molecule has 7 unspecified atom stereocenters. The Kier molecular flexibility index (Phi) is 9.70. The molecule has 44 heavy (non-hydrogen) atoms. The fourth-order valence-corrected chi connectivity index (χ4v) is 10.4. The number of allylic oxidation sites excluding steroid dienone is 1. The first kappa shape index (κ1) is 34.4. The first-order chi connectivity index (χ1) is 20.4. The van der Waals surface area contributed by atoms with E-state index in [0.717, 1.165) is 49.7 Å². The van der Waals surface area contributed by atoms with E-state index in [9.17, 15) is 19.2 Å². The quantitative estimate of drug-likeness (QED) is 0.121. The zero-order valence-corrected chi connectivity index (χ0v) is 28.8. The fourth-order valence-electron chi connectivity index (χ4n) is 10.4. The number of ether oxygens (including phenoxy) is 3. The summed E-state index contributed by atoms with van der Waals surface area (Å²) in [4.78, 5) is 50.1. The summed E-state index contributed by atoms with van der Waals surface area (Å²) in [5.41, 5.74) is 0.836. The highest BCUT2D eigenvalue weighted by Gasteiger charge is 2.66. The largest absolute Gasteiger partial charge is 0.462 e. The predicted octanol–water partition coefficient (Wildman–Crippen LogP) is 7.56. The monoisotopic (exact) mass is 612 g/mol. The van der Waals surface area contributed by atoms with Crippen LogP contribution in [0.25, 0.3) is 0 Å². The summed E-state index contributed by atoms with van der Waals surface area (Å²) < 4.78 is 17.8. The maximum Gasteiger partial charge on any atom is 0.303 e. The summed E-state index contributed by atoms with van der Waals surface area (Å²) >= 11 is 0. The third-order valence-electron chi connectivity index (χ3n) is 12.7. The molecule has 0 aromatic heterocycles. The summed E-state index contributed by atoms with van der Waals surface area (Å²) in [6, 6.07) is 0. The zero-order valence-electron chi connectivity index (χ0n) is 28.8. The third-order valence-corrected chi connectivity index (χ3v) is 12.7. The number of esters is 3. The Bertz CT molecular complexity index is 1210. The Balaban J connectivity index is 1.80. The van der Waals surface area contributed by atoms with Crippen LogP contribution in [0, 0.1) is 45.3 Å². The first-order valence-corrected chi connectivity index (χ1v) is 16.8. The van der Waals surface area contributed by atoms with E-state index in [2.05, 4.69) is 46.8 Å². The van der Waals surface area contributed by atoms with Crippen molar-refractivity contribution in [2.75, 3.05) is 0 Å². The Labute approximate surface area is 264 Å². The van der Waals surface area contributed by atoms with Crippen LogP contribution in [0.3, 0.4) is 0 Å². The van der Waals surface area contributed by atoms with E-state index in [1.807, 2.05) is 13.8 Å². The molecule has 0 aromatic carbocycles. The van der Waals surface area contributed by atoms with Crippen LogP contribution in [0.5, 0.6) is 0 Å². The Morgan fingerprint density at radius 3 is 2.11 bits per heavy atom. The summed E-state index contributed by atoms with van der Waals surface area (Å²) in [5, 5.41) is 0. The van der Waals surface area contributed by atoms with Crippen molar-refractivity contribution in [3.05, 3.63) is 23.3 Å². The molecule has 0 spiro atoms. The van der Waals surface area contributed by atoms with Crippen molar-refractivity contribution in [3.8, 4) is 0 Å². The molecular weight excluding hydrogens is 556 g/mol. The van der Waals surface area contributed by atoms with Crippen LogP contribution in [0.1, 0.15) is 121 Å². The predicted molar refractivity (Wildman–Crippen MR) is 169 cm³/mol. The molecule has 246 valence electrons. The minimum Gasteiger partial charge on any atom is -0.462 e. The van der Waals surface area contributed by atoms with Gasteiger partial charge >= 0.3 is 17.9 Å². The van der Waals surface area contributed by atoms with Crippen LogP contribution < -0.4 is 0 Å². The maximum absolute atomic E-state index is 13.5. The van der Waals surface area contributed by atoms with Crippen LogP contribution in [0.4, 0.5) is 0 Å². The van der Waals surface area contributed by atoms with Gasteiger partial charge < -0.3 is 19.0 Å². The average Bonchev–Trinajstić information content (AvgIpc) is 3.01. The highest BCUT2D eigenvalue weighted by atomic mass is 16.6. The number of fused-ring (bicyclic) bond motifs is 6. The summed E-state index contributed by atoms with van der Waals surface area (Å²) in [5.74, 6) is -0.294. The Morgan fingerprint density at radius 1 is 0.886 bits per heavy atom. The van der Waals surface area contributed by atoms with Gasteiger partial charge in [-0.25, -0.2) is 0 Å². The van der Waals surface area contributed by atoms with E-state index >= 15 is 0 Å². The van der Waals surface area contributed by atoms with Gasteiger partial charge in [0.25, 0.3) is 0 Å². The van der Waals surface area contributed by atoms with Crippen molar-refractivity contribution >= 4 is 24.2 Å². The molecule has 3 fully saturated rings. The van der Waals surface area contributed by atoms with E-state index in [4.69, 9.17) is 14.2 Å². The summed E-state index contributed by atoms with van der Waals surface area (Å²) in [6.45, 7) is 19.7. The molecule has 7 heteroatoms. The molecule has 0 saturated heterocycles. The molecule has 0 aromatic rings. The van der Waals surface area contributed by atoms with Crippen molar-refractivity contribution in [2.24, 2.45) is 45.3 Å². The molecule has 0 radical (unpaired) electrons. The van der Waals surface area contributed by atoms with Gasteiger partial charge in [-0.05, 0) is 106 Å². The molecule has 0 amide bonds. The van der Waals surface area contributed by atoms with Crippen molar-refractivity contribution in [3.63, 3.8) is 0 Å². The molecule has 4 aliphatic carbocycles. The molecule has 3 saturated carbocycles. The molecule has 0 aliphatic heterocycles. The molecular formula is C37H56O7. The van der Waals surface area contributed by atoms with Crippen molar-refractivity contribution in [2.45, 2.75) is 139 Å². The molecule has 10 atom stereocenters. The topological polar surface area (TPSA) is 96.0 Å². The molecule has 0 heterocycles. The molecule has 0 N–H and O–H groups in total. The van der Waals surface area contributed by atoms with Gasteiger partial charge in [0.1, 0.15) is 24.6 Å². The number of rotatable bonds is 8. The number of carbonyl (C=O) groups is 4. The fraction of sp³-hybridized carbons (Fsp3) is 0.784. The van der Waals surface area contributed by atoms with E-state index in [1.165, 1.54) is 27.1 Å². The van der Waals surface area contributed by atoms with Gasteiger partial charge in [-0.1, -0.05) is 45.8 Å². The lowest BCUT2D eigenvalue weighted by molar-refractivity contribution is -0.155. The number of carbonyl (C=O) groups excluding carboxylic acids is 4. The second-order valence-electron chi connectivity index (χ2n) is 15.9. The Hall–Kier alpha value is -2.44. The lowest BCUT2D eigenvalue weighted by atomic mass is 9.55. The first-order valence-electron chi connectivity index (χ1n) is 16.8. The van der Waals surface area contributed by atoms with E-state index in [-0.39, 0.29) is 58.7 Å². The van der Waals surface area contributed by atoms with Gasteiger partial charge in [0.15, 0.2) is 0 Å². The molecule has 4 rings (SSSR count). The minimum absolute atomic E-state index is 0.00206. The van der Waals surface area contributed by atoms with Crippen LogP contribution in [-0.2, 0) is 33.4 Å². The number of hydrogen-bond acceptors (Lipinski definition) is 7. The highest BCUT2D eigenvalue weighted by molar-refractivity contribution is 5.68. The van der Waals surface area contributed by atoms with Gasteiger partial charge in [0, 0.05) is 37.5 Å². The van der Waals surface area contributed by atoms with Gasteiger partial charge in [-0.2, -0.15) is 0 Å². The Morgan fingerprint density at radius 2 is 1.55 bits per heavy atom. The van der Waals surface area contributed by atoms with E-state index < -0.39 is 16.9 Å². The second-order valence-corrected chi connectivity index (χ2v) is 15.9. The van der Waals surface area contributed by atoms with Crippen LogP contribution >= 0.6 is 0 Å². The smallest absolute Gasteiger partial charge is 0.303 e. The zero-order chi connectivity index (χ0) is 32.8. The summed E-state index contributed by atoms with van der Waals surface area (Å²) in [7, 11) is 0. The van der Waals surface area contributed by atoms with Crippen molar-refractivity contribution in [1.82, 2.24) is 0 Å². The molecule has 4 aliphatic rings. The van der Waals surface area contributed by atoms with Crippen molar-refractivity contribution < 1.29 is 33.4 Å².